The van der Waals surface area contributed by atoms with Crippen molar-refractivity contribution in [3.8, 4) is 0 Å². The van der Waals surface area contributed by atoms with Crippen LogP contribution in [0.1, 0.15) is 78.6 Å². The minimum Gasteiger partial charge on any atom is -0.550 e. The zero-order chi connectivity index (χ0) is 21.1. The van der Waals surface area contributed by atoms with Crippen LogP contribution >= 0.6 is 0 Å². The number of aliphatic carboxylic acids is 1. The van der Waals surface area contributed by atoms with Crippen molar-refractivity contribution in [1.29, 1.82) is 0 Å². The standard InChI is InChI=1S/C24H38O5/c1-13(4-7-21(28)29)16-5-6-17-22-18(12-20(27)24(16,17)3)23(2)9-8-15(25)10-14(23)11-19(22)26/h13-19,22,25-26H,4-12H2,1-3H3,(H,28,29)/p-1/t13-,14-,15+,16+,17+,18-,19+,22+,23-,24+/m0/s1. The number of rotatable bonds is 4. The van der Waals surface area contributed by atoms with Gasteiger partial charge in [0.05, 0.1) is 12.2 Å². The van der Waals surface area contributed by atoms with Crippen LogP contribution in [0, 0.1) is 46.3 Å². The molecule has 2 N–H and O–H groups in total. The molecule has 0 aromatic carbocycles. The lowest BCUT2D eigenvalue weighted by molar-refractivity contribution is -0.306. The normalized spacial score (nSPS) is 50.4. The third-order valence-electron chi connectivity index (χ3n) is 10.1. The minimum absolute atomic E-state index is 0.0266. The number of fused-ring (bicyclic) bond motifs is 5. The summed E-state index contributed by atoms with van der Waals surface area (Å²) >= 11 is 0. The molecule has 0 saturated heterocycles. The quantitative estimate of drug-likeness (QED) is 0.748. The van der Waals surface area contributed by atoms with Crippen molar-refractivity contribution >= 4 is 11.8 Å². The zero-order valence-electron chi connectivity index (χ0n) is 18.1. The Kier molecular flexibility index (Phi) is 5.39. The molecule has 0 aromatic rings. The average molecular weight is 406 g/mol. The Morgan fingerprint density at radius 3 is 2.59 bits per heavy atom. The Labute approximate surface area is 174 Å². The average Bonchev–Trinajstić information content (AvgIpc) is 3.01. The van der Waals surface area contributed by atoms with Gasteiger partial charge in [-0.1, -0.05) is 20.8 Å². The van der Waals surface area contributed by atoms with Gasteiger partial charge < -0.3 is 20.1 Å². The minimum atomic E-state index is -1.02. The van der Waals surface area contributed by atoms with E-state index in [9.17, 15) is 24.9 Å². The molecule has 10 atom stereocenters. The summed E-state index contributed by atoms with van der Waals surface area (Å²) in [6, 6.07) is 0. The van der Waals surface area contributed by atoms with Gasteiger partial charge in [-0.2, -0.15) is 0 Å². The highest BCUT2D eigenvalue weighted by Crippen LogP contribution is 2.67. The maximum absolute atomic E-state index is 13.6. The number of carbonyl (C=O) groups excluding carboxylic acids is 2. The smallest absolute Gasteiger partial charge is 0.139 e. The van der Waals surface area contributed by atoms with Crippen molar-refractivity contribution in [3.63, 3.8) is 0 Å². The molecule has 0 aromatic heterocycles. The maximum Gasteiger partial charge on any atom is 0.139 e. The van der Waals surface area contributed by atoms with Gasteiger partial charge in [0.15, 0.2) is 0 Å². The second-order valence-electron chi connectivity index (χ2n) is 11.2. The molecule has 0 amide bonds. The van der Waals surface area contributed by atoms with Crippen molar-refractivity contribution in [2.24, 2.45) is 46.3 Å². The molecule has 0 unspecified atom stereocenters. The van der Waals surface area contributed by atoms with Gasteiger partial charge in [0.25, 0.3) is 0 Å². The van der Waals surface area contributed by atoms with Crippen LogP contribution in [0.3, 0.4) is 0 Å². The van der Waals surface area contributed by atoms with E-state index in [1.54, 1.807) is 0 Å². The number of aliphatic hydroxyl groups is 2. The SMILES string of the molecule is C[C@@H](CCC(=O)[O-])[C@H]1CC[C@@H]2[C@H]3[C@H](O)C[C@@H]4C[C@H](O)CC[C@]4(C)[C@H]3CC(=O)[C@@]21C. The van der Waals surface area contributed by atoms with Gasteiger partial charge in [0.2, 0.25) is 0 Å². The summed E-state index contributed by atoms with van der Waals surface area (Å²) in [5, 5.41) is 32.3. The predicted octanol–water partition coefficient (Wildman–Crippen LogP) is 2.32. The van der Waals surface area contributed by atoms with Gasteiger partial charge in [-0.3, -0.25) is 4.79 Å². The van der Waals surface area contributed by atoms with Crippen LogP contribution < -0.4 is 5.11 Å². The van der Waals surface area contributed by atoms with Crippen LogP contribution in [0.25, 0.3) is 0 Å². The first kappa shape index (κ1) is 21.3. The van der Waals surface area contributed by atoms with E-state index < -0.39 is 17.5 Å². The van der Waals surface area contributed by atoms with E-state index in [1.165, 1.54) is 0 Å². The fourth-order valence-electron chi connectivity index (χ4n) is 8.41. The number of Topliss-reactive ketones (excluding diaryl/α,β-unsaturated/α-hetero) is 1. The number of carboxylic acids is 1. The Morgan fingerprint density at radius 1 is 1.17 bits per heavy atom. The summed E-state index contributed by atoms with van der Waals surface area (Å²) in [6.07, 6.45) is 5.55. The molecular formula is C24H37O5-. The molecule has 4 fully saturated rings. The number of carbonyl (C=O) groups is 2. The van der Waals surface area contributed by atoms with Gasteiger partial charge in [0.1, 0.15) is 5.78 Å². The molecule has 0 heterocycles. The first-order chi connectivity index (χ1) is 13.6. The number of aliphatic hydroxyl groups excluding tert-OH is 2. The summed E-state index contributed by atoms with van der Waals surface area (Å²) in [5.41, 5.74) is -0.427. The van der Waals surface area contributed by atoms with Crippen molar-refractivity contribution < 1.29 is 24.9 Å². The third-order valence-corrected chi connectivity index (χ3v) is 10.1. The molecule has 4 aliphatic rings. The van der Waals surface area contributed by atoms with Crippen LogP contribution in [0.5, 0.6) is 0 Å². The number of carboxylic acid groups (broad SMARTS) is 1. The largest absolute Gasteiger partial charge is 0.550 e. The predicted molar refractivity (Wildman–Crippen MR) is 106 cm³/mol. The van der Waals surface area contributed by atoms with Crippen molar-refractivity contribution in [2.45, 2.75) is 90.8 Å². The van der Waals surface area contributed by atoms with Gasteiger partial charge in [-0.05, 0) is 92.3 Å². The van der Waals surface area contributed by atoms with Gasteiger partial charge in [0, 0.05) is 17.8 Å². The highest BCUT2D eigenvalue weighted by Gasteiger charge is 2.65. The molecule has 5 heteroatoms. The summed E-state index contributed by atoms with van der Waals surface area (Å²) in [7, 11) is 0. The molecule has 4 saturated carbocycles. The summed E-state index contributed by atoms with van der Waals surface area (Å²) < 4.78 is 0. The highest BCUT2D eigenvalue weighted by atomic mass is 16.4. The van der Waals surface area contributed by atoms with Crippen molar-refractivity contribution in [2.75, 3.05) is 0 Å². The van der Waals surface area contributed by atoms with E-state index in [0.717, 1.165) is 38.5 Å². The first-order valence-corrected chi connectivity index (χ1v) is 11.7. The van der Waals surface area contributed by atoms with Crippen molar-refractivity contribution in [3.05, 3.63) is 0 Å². The van der Waals surface area contributed by atoms with Gasteiger partial charge >= 0.3 is 0 Å². The van der Waals surface area contributed by atoms with E-state index in [2.05, 4.69) is 20.8 Å². The maximum atomic E-state index is 13.6. The topological polar surface area (TPSA) is 97.7 Å². The molecule has 0 aliphatic heterocycles. The lowest BCUT2D eigenvalue weighted by Crippen LogP contribution is -2.61. The Balaban J connectivity index is 1.62. The number of ketones is 1. The van der Waals surface area contributed by atoms with E-state index in [4.69, 9.17) is 0 Å². The summed E-state index contributed by atoms with van der Waals surface area (Å²) in [6.45, 7) is 6.49. The molecule has 0 bridgehead atoms. The second kappa shape index (κ2) is 7.33. The van der Waals surface area contributed by atoms with Crippen LogP contribution in [0.2, 0.25) is 0 Å². The van der Waals surface area contributed by atoms with Crippen molar-refractivity contribution in [1.82, 2.24) is 0 Å². The van der Waals surface area contributed by atoms with E-state index in [1.807, 2.05) is 0 Å². The molecule has 0 radical (unpaired) electrons. The summed E-state index contributed by atoms with van der Waals surface area (Å²) in [4.78, 5) is 24.6. The molecular weight excluding hydrogens is 368 g/mol. The molecule has 5 nitrogen and oxygen atoms in total. The second-order valence-corrected chi connectivity index (χ2v) is 11.2. The van der Waals surface area contributed by atoms with Crippen LogP contribution in [-0.2, 0) is 9.59 Å². The fourth-order valence-corrected chi connectivity index (χ4v) is 8.41. The first-order valence-electron chi connectivity index (χ1n) is 11.7. The third kappa shape index (κ3) is 3.18. The highest BCUT2D eigenvalue weighted by molar-refractivity contribution is 5.87. The van der Waals surface area contributed by atoms with Crippen LogP contribution in [0.4, 0.5) is 0 Å². The van der Waals surface area contributed by atoms with Gasteiger partial charge in [-0.25, -0.2) is 0 Å². The lowest BCUT2D eigenvalue weighted by atomic mass is 9.43. The number of hydrogen-bond donors (Lipinski definition) is 2. The molecule has 164 valence electrons. The Hall–Kier alpha value is -0.940. The van der Waals surface area contributed by atoms with E-state index in [-0.39, 0.29) is 47.5 Å². The molecule has 29 heavy (non-hydrogen) atoms. The van der Waals surface area contributed by atoms with E-state index >= 15 is 0 Å². The number of hydrogen-bond acceptors (Lipinski definition) is 5. The molecule has 0 spiro atoms. The Morgan fingerprint density at radius 2 is 1.90 bits per heavy atom. The van der Waals surface area contributed by atoms with Gasteiger partial charge in [-0.15, -0.1) is 0 Å². The monoisotopic (exact) mass is 405 g/mol. The molecule has 4 aliphatic carbocycles. The van der Waals surface area contributed by atoms with E-state index in [0.29, 0.717) is 24.5 Å². The van der Waals surface area contributed by atoms with Crippen LogP contribution in [-0.4, -0.2) is 34.2 Å². The zero-order valence-corrected chi connectivity index (χ0v) is 18.1. The fraction of sp³-hybridized carbons (Fsp3) is 0.917. The Bertz CT molecular complexity index is 676. The lowest BCUT2D eigenvalue weighted by Gasteiger charge is -2.61. The molecule has 4 rings (SSSR count). The summed E-state index contributed by atoms with van der Waals surface area (Å²) in [5.74, 6) is 0.477. The van der Waals surface area contributed by atoms with Crippen LogP contribution in [0.15, 0.2) is 0 Å².